The van der Waals surface area contributed by atoms with Gasteiger partial charge in [0.2, 0.25) is 0 Å². The second-order valence-electron chi connectivity index (χ2n) is 6.53. The van der Waals surface area contributed by atoms with Gasteiger partial charge in [-0.15, -0.1) is 0 Å². The van der Waals surface area contributed by atoms with Crippen LogP contribution in [0.5, 0.6) is 0 Å². The molecule has 0 bridgehead atoms. The van der Waals surface area contributed by atoms with Crippen LogP contribution in [0, 0.1) is 6.92 Å². The third-order valence-electron chi connectivity index (χ3n) is 4.51. The first kappa shape index (κ1) is 20.6. The number of nitrogens with zero attached hydrogens (tertiary/aromatic N) is 1. The SMILES string of the molecule is Cc1ccc(C(=O)O)cc1-c1ccc(/C=C2\SC(=S)N(c3cccc(Br)c3)C2=O)o1. The van der Waals surface area contributed by atoms with Crippen molar-refractivity contribution in [1.29, 1.82) is 0 Å². The Morgan fingerprint density at radius 2 is 2.00 bits per heavy atom. The van der Waals surface area contributed by atoms with Crippen LogP contribution in [0.4, 0.5) is 5.69 Å². The largest absolute Gasteiger partial charge is 0.478 e. The highest BCUT2D eigenvalue weighted by molar-refractivity contribution is 9.10. The number of rotatable bonds is 4. The fourth-order valence-corrected chi connectivity index (χ4v) is 4.70. The molecule has 0 atom stereocenters. The number of aryl methyl sites for hydroxylation is 1. The number of furan rings is 1. The summed E-state index contributed by atoms with van der Waals surface area (Å²) in [6.45, 7) is 1.88. The van der Waals surface area contributed by atoms with E-state index in [9.17, 15) is 14.7 Å². The van der Waals surface area contributed by atoms with Crippen LogP contribution >= 0.6 is 39.9 Å². The number of hydrogen-bond acceptors (Lipinski definition) is 5. The molecule has 1 aliphatic rings. The third kappa shape index (κ3) is 3.98. The minimum absolute atomic E-state index is 0.184. The summed E-state index contributed by atoms with van der Waals surface area (Å²) in [5.41, 5.74) is 2.46. The van der Waals surface area contributed by atoms with E-state index in [4.69, 9.17) is 16.6 Å². The molecule has 1 fully saturated rings. The van der Waals surface area contributed by atoms with Crippen molar-refractivity contribution in [3.05, 3.63) is 80.9 Å². The lowest BCUT2D eigenvalue weighted by molar-refractivity contribution is -0.113. The minimum Gasteiger partial charge on any atom is -0.478 e. The maximum absolute atomic E-state index is 12.9. The van der Waals surface area contributed by atoms with Crippen molar-refractivity contribution in [2.24, 2.45) is 0 Å². The Labute approximate surface area is 190 Å². The zero-order valence-electron chi connectivity index (χ0n) is 15.6. The first-order valence-corrected chi connectivity index (χ1v) is 10.8. The quantitative estimate of drug-likeness (QED) is 0.344. The lowest BCUT2D eigenvalue weighted by Gasteiger charge is -2.14. The van der Waals surface area contributed by atoms with Crippen molar-refractivity contribution >= 4 is 67.9 Å². The highest BCUT2D eigenvalue weighted by atomic mass is 79.9. The van der Waals surface area contributed by atoms with E-state index in [0.29, 0.717) is 32.0 Å². The van der Waals surface area contributed by atoms with Crippen molar-refractivity contribution in [3.8, 4) is 11.3 Å². The zero-order valence-corrected chi connectivity index (χ0v) is 18.8. The Morgan fingerprint density at radius 3 is 2.73 bits per heavy atom. The van der Waals surface area contributed by atoms with Crippen LogP contribution < -0.4 is 4.90 Å². The molecule has 30 heavy (non-hydrogen) atoms. The maximum Gasteiger partial charge on any atom is 0.335 e. The van der Waals surface area contributed by atoms with Gasteiger partial charge in [-0.05, 0) is 55.0 Å². The number of carbonyl (C=O) groups excluding carboxylic acids is 1. The van der Waals surface area contributed by atoms with E-state index in [0.717, 1.165) is 10.0 Å². The molecular formula is C22H14BrNO4S2. The van der Waals surface area contributed by atoms with Crippen LogP contribution in [0.25, 0.3) is 17.4 Å². The van der Waals surface area contributed by atoms with Crippen molar-refractivity contribution in [2.75, 3.05) is 4.90 Å². The molecule has 0 radical (unpaired) electrons. The minimum atomic E-state index is -1.00. The smallest absolute Gasteiger partial charge is 0.335 e. The van der Waals surface area contributed by atoms with E-state index in [-0.39, 0.29) is 11.5 Å². The third-order valence-corrected chi connectivity index (χ3v) is 6.31. The Hall–Kier alpha value is -2.68. The number of amides is 1. The number of benzene rings is 2. The van der Waals surface area contributed by atoms with Gasteiger partial charge in [-0.1, -0.05) is 52.0 Å². The summed E-state index contributed by atoms with van der Waals surface area (Å²) in [6.07, 6.45) is 1.65. The first-order chi connectivity index (χ1) is 14.3. The maximum atomic E-state index is 12.9. The van der Waals surface area contributed by atoms with E-state index in [2.05, 4.69) is 15.9 Å². The highest BCUT2D eigenvalue weighted by Gasteiger charge is 2.33. The fourth-order valence-electron chi connectivity index (χ4n) is 3.03. The Morgan fingerprint density at radius 1 is 1.20 bits per heavy atom. The summed E-state index contributed by atoms with van der Waals surface area (Å²) in [6, 6.07) is 15.7. The van der Waals surface area contributed by atoms with E-state index >= 15 is 0 Å². The molecule has 2 aromatic carbocycles. The van der Waals surface area contributed by atoms with Crippen LogP contribution in [0.2, 0.25) is 0 Å². The summed E-state index contributed by atoms with van der Waals surface area (Å²) in [5, 5.41) is 9.23. The second-order valence-corrected chi connectivity index (χ2v) is 9.13. The van der Waals surface area contributed by atoms with Crippen molar-refractivity contribution in [1.82, 2.24) is 0 Å². The van der Waals surface area contributed by atoms with Gasteiger partial charge in [0, 0.05) is 16.1 Å². The lowest BCUT2D eigenvalue weighted by atomic mass is 10.0. The summed E-state index contributed by atoms with van der Waals surface area (Å²) in [7, 11) is 0. The molecule has 1 amide bonds. The number of carboxylic acid groups (broad SMARTS) is 1. The molecule has 8 heteroatoms. The summed E-state index contributed by atoms with van der Waals surface area (Å²) in [4.78, 5) is 26.1. The van der Waals surface area contributed by atoms with Gasteiger partial charge in [0.25, 0.3) is 5.91 Å². The molecule has 0 saturated carbocycles. The summed E-state index contributed by atoms with van der Waals surface area (Å²) < 4.78 is 7.19. The summed E-state index contributed by atoms with van der Waals surface area (Å²) in [5.74, 6) is -0.200. The molecule has 0 spiro atoms. The molecular weight excluding hydrogens is 486 g/mol. The molecule has 3 aromatic rings. The lowest BCUT2D eigenvalue weighted by Crippen LogP contribution is -2.27. The topological polar surface area (TPSA) is 70.8 Å². The van der Waals surface area contributed by atoms with Gasteiger partial charge >= 0.3 is 5.97 Å². The Bertz CT molecular complexity index is 1230. The average molecular weight is 500 g/mol. The van der Waals surface area contributed by atoms with Crippen LogP contribution in [-0.2, 0) is 4.79 Å². The number of hydrogen-bond donors (Lipinski definition) is 1. The van der Waals surface area contributed by atoms with E-state index < -0.39 is 5.97 Å². The predicted molar refractivity (Wildman–Crippen MR) is 126 cm³/mol. The standard InChI is InChI=1S/C22H14BrNO4S2/c1-12-5-6-13(21(26)27)9-17(12)18-8-7-16(28-18)11-19-20(25)24(22(29)30-19)15-4-2-3-14(23)10-15/h2-11H,1H3,(H,26,27)/b19-11-. The number of anilines is 1. The predicted octanol–water partition coefficient (Wildman–Crippen LogP) is 6.12. The number of carbonyl (C=O) groups is 2. The molecule has 5 nitrogen and oxygen atoms in total. The number of thiocarbonyl (C=S) groups is 1. The molecule has 150 valence electrons. The fraction of sp³-hybridized carbons (Fsp3) is 0.0455. The molecule has 2 heterocycles. The molecule has 0 aliphatic carbocycles. The first-order valence-electron chi connectivity index (χ1n) is 8.81. The molecule has 1 aromatic heterocycles. The Balaban J connectivity index is 1.64. The second kappa shape index (κ2) is 8.22. The van der Waals surface area contributed by atoms with E-state index in [1.54, 1.807) is 36.4 Å². The van der Waals surface area contributed by atoms with Gasteiger partial charge < -0.3 is 9.52 Å². The number of thioether (sulfide) groups is 1. The zero-order chi connectivity index (χ0) is 21.4. The van der Waals surface area contributed by atoms with Gasteiger partial charge in [-0.2, -0.15) is 0 Å². The van der Waals surface area contributed by atoms with Crippen LogP contribution in [0.3, 0.4) is 0 Å². The van der Waals surface area contributed by atoms with Crippen LogP contribution in [0.1, 0.15) is 21.7 Å². The van der Waals surface area contributed by atoms with Crippen molar-refractivity contribution in [3.63, 3.8) is 0 Å². The van der Waals surface area contributed by atoms with Crippen molar-refractivity contribution < 1.29 is 19.1 Å². The van der Waals surface area contributed by atoms with E-state index in [1.165, 1.54) is 16.7 Å². The molecule has 4 rings (SSSR count). The molecule has 1 N–H and O–H groups in total. The van der Waals surface area contributed by atoms with Crippen LogP contribution in [-0.4, -0.2) is 21.3 Å². The summed E-state index contributed by atoms with van der Waals surface area (Å²) >= 11 is 10.0. The molecule has 1 aliphatic heterocycles. The Kier molecular flexibility index (Phi) is 5.64. The van der Waals surface area contributed by atoms with Crippen molar-refractivity contribution in [2.45, 2.75) is 6.92 Å². The van der Waals surface area contributed by atoms with Gasteiger partial charge in [0.05, 0.1) is 16.2 Å². The van der Waals surface area contributed by atoms with Gasteiger partial charge in [0.1, 0.15) is 11.5 Å². The van der Waals surface area contributed by atoms with Gasteiger partial charge in [-0.25, -0.2) is 4.79 Å². The normalized spacial score (nSPS) is 15.3. The van der Waals surface area contributed by atoms with Gasteiger partial charge in [0.15, 0.2) is 4.32 Å². The number of carboxylic acids is 1. The highest BCUT2D eigenvalue weighted by Crippen LogP contribution is 2.37. The molecule has 1 saturated heterocycles. The average Bonchev–Trinajstić information content (AvgIpc) is 3.26. The van der Waals surface area contributed by atoms with E-state index in [1.807, 2.05) is 31.2 Å². The monoisotopic (exact) mass is 499 g/mol. The van der Waals surface area contributed by atoms with Gasteiger partial charge in [-0.3, -0.25) is 9.69 Å². The molecule has 0 unspecified atom stereocenters. The number of aromatic carboxylic acids is 1. The number of halogens is 1. The van der Waals surface area contributed by atoms with Crippen LogP contribution in [0.15, 0.2) is 68.4 Å².